The quantitative estimate of drug-likeness (QED) is 0.482. The molecule has 1 atom stereocenters. The summed E-state index contributed by atoms with van der Waals surface area (Å²) in [4.78, 5) is 12.7. The topological polar surface area (TPSA) is 117 Å². The highest BCUT2D eigenvalue weighted by molar-refractivity contribution is 7.93. The van der Waals surface area contributed by atoms with Gasteiger partial charge in [0.1, 0.15) is 4.21 Å². The zero-order valence-corrected chi connectivity index (χ0v) is 20.2. The minimum Gasteiger partial charge on any atom is -0.388 e. The van der Waals surface area contributed by atoms with Gasteiger partial charge in [0.25, 0.3) is 0 Å². The predicted octanol–water partition coefficient (Wildman–Crippen LogP) is 5.20. The number of hydrogen-bond donors (Lipinski definition) is 4. The normalized spacial score (nSPS) is 14.0. The van der Waals surface area contributed by atoms with Gasteiger partial charge >= 0.3 is 6.03 Å². The number of benzene rings is 1. The van der Waals surface area contributed by atoms with Crippen LogP contribution in [0, 0.1) is 0 Å². The summed E-state index contributed by atoms with van der Waals surface area (Å²) in [6, 6.07) is 4.74. The average molecular weight is 453 g/mol. The van der Waals surface area contributed by atoms with Gasteiger partial charge in [-0.25, -0.2) is 14.1 Å². The van der Waals surface area contributed by atoms with E-state index in [-0.39, 0.29) is 16.0 Å². The summed E-state index contributed by atoms with van der Waals surface area (Å²) in [6.07, 6.45) is 0. The van der Waals surface area contributed by atoms with Gasteiger partial charge in [0.05, 0.1) is 5.60 Å². The van der Waals surface area contributed by atoms with Crippen LogP contribution in [0.5, 0.6) is 0 Å². The molecule has 0 radical (unpaired) electrons. The minimum atomic E-state index is -3.44. The summed E-state index contributed by atoms with van der Waals surface area (Å²) in [5.41, 5.74) is 3.02. The molecule has 2 rings (SSSR count). The van der Waals surface area contributed by atoms with Gasteiger partial charge in [-0.15, -0.1) is 15.7 Å². The van der Waals surface area contributed by atoms with Gasteiger partial charge in [0.2, 0.25) is 0 Å². The van der Waals surface area contributed by atoms with E-state index in [4.69, 9.17) is 5.14 Å². The van der Waals surface area contributed by atoms with Crippen LogP contribution in [0.2, 0.25) is 0 Å². The molecule has 0 spiro atoms. The SMILES string of the molecule is CNc1cc(C(C)C)c(NC(=O)N=S(N)(=O)c2cc(C(C)(C)O)cs2)c(C(C)C)c1. The van der Waals surface area contributed by atoms with E-state index >= 15 is 0 Å². The van der Waals surface area contributed by atoms with Gasteiger partial charge in [-0.3, -0.25) is 0 Å². The fourth-order valence-corrected chi connectivity index (χ4v) is 5.26. The van der Waals surface area contributed by atoms with Crippen molar-refractivity contribution in [3.63, 3.8) is 0 Å². The number of carbonyl (C=O) groups is 1. The molecule has 5 N–H and O–H groups in total. The van der Waals surface area contributed by atoms with Gasteiger partial charge in [-0.2, -0.15) is 0 Å². The lowest BCUT2D eigenvalue weighted by atomic mass is 9.91. The standard InChI is InChI=1S/C21H32N4O3S2/c1-12(2)16-9-15(23-7)10-17(13(3)4)19(16)24-20(26)25-30(22,28)18-8-14(11-29-18)21(5,6)27/h8-13,23,27H,1-7H3,(H3,22,24,25,26,28). The van der Waals surface area contributed by atoms with Crippen LogP contribution in [0.1, 0.15) is 70.1 Å². The maximum atomic E-state index is 12.9. The Labute approximate surface area is 183 Å². The third-order valence-corrected chi connectivity index (χ3v) is 7.61. The second kappa shape index (κ2) is 9.05. The van der Waals surface area contributed by atoms with Crippen LogP contribution in [-0.4, -0.2) is 22.4 Å². The van der Waals surface area contributed by atoms with Gasteiger partial charge in [-0.05, 0) is 66.0 Å². The molecule has 1 aromatic heterocycles. The van der Waals surface area contributed by atoms with Crippen LogP contribution < -0.4 is 15.8 Å². The Hall–Kier alpha value is -1.94. The van der Waals surface area contributed by atoms with Crippen LogP contribution in [-0.2, 0) is 15.5 Å². The molecule has 0 saturated heterocycles. The summed E-state index contributed by atoms with van der Waals surface area (Å²) in [6.45, 7) is 11.4. The Bertz CT molecular complexity index is 1010. The Kier molecular flexibility index (Phi) is 7.34. The van der Waals surface area contributed by atoms with Crippen molar-refractivity contribution in [1.29, 1.82) is 0 Å². The fraction of sp³-hybridized carbons (Fsp3) is 0.476. The molecule has 7 nitrogen and oxygen atoms in total. The third-order valence-electron chi connectivity index (χ3n) is 4.75. The number of thiophene rings is 1. The molecule has 9 heteroatoms. The number of nitrogens with one attached hydrogen (secondary N) is 2. The molecule has 1 aromatic carbocycles. The van der Waals surface area contributed by atoms with E-state index in [1.165, 1.54) is 6.07 Å². The highest BCUT2D eigenvalue weighted by Crippen LogP contribution is 2.36. The molecule has 1 unspecified atom stereocenters. The molecule has 1 heterocycles. The lowest BCUT2D eigenvalue weighted by Gasteiger charge is -2.21. The second-order valence-corrected chi connectivity index (χ2v) is 11.3. The Balaban J connectivity index is 2.46. The summed E-state index contributed by atoms with van der Waals surface area (Å²) in [7, 11) is -1.59. The van der Waals surface area contributed by atoms with Gasteiger partial charge in [-0.1, -0.05) is 27.7 Å². The molecule has 30 heavy (non-hydrogen) atoms. The summed E-state index contributed by atoms with van der Waals surface area (Å²) >= 11 is 1.11. The van der Waals surface area contributed by atoms with Crippen molar-refractivity contribution < 1.29 is 14.1 Å². The number of hydrogen-bond acceptors (Lipinski definition) is 5. The van der Waals surface area contributed by atoms with Gasteiger partial charge < -0.3 is 15.7 Å². The van der Waals surface area contributed by atoms with E-state index in [9.17, 15) is 14.1 Å². The van der Waals surface area contributed by atoms with Crippen molar-refractivity contribution in [2.24, 2.45) is 9.50 Å². The van der Waals surface area contributed by atoms with Crippen LogP contribution in [0.15, 0.2) is 32.2 Å². The van der Waals surface area contributed by atoms with E-state index < -0.39 is 21.5 Å². The van der Waals surface area contributed by atoms with Gasteiger partial charge in [0.15, 0.2) is 9.92 Å². The molecule has 0 bridgehead atoms. The highest BCUT2D eigenvalue weighted by Gasteiger charge is 2.22. The van der Waals surface area contributed by atoms with Crippen molar-refractivity contribution in [2.75, 3.05) is 17.7 Å². The molecular weight excluding hydrogens is 420 g/mol. The first-order chi connectivity index (χ1) is 13.8. The molecule has 2 aromatic rings. The molecule has 0 aliphatic heterocycles. The average Bonchev–Trinajstić information content (AvgIpc) is 3.12. The van der Waals surface area contributed by atoms with Crippen LogP contribution >= 0.6 is 11.3 Å². The lowest BCUT2D eigenvalue weighted by molar-refractivity contribution is 0.0789. The van der Waals surface area contributed by atoms with Crippen molar-refractivity contribution >= 4 is 38.7 Å². The molecule has 0 fully saturated rings. The monoisotopic (exact) mass is 452 g/mol. The highest BCUT2D eigenvalue weighted by atomic mass is 32.2. The van der Waals surface area contributed by atoms with Crippen molar-refractivity contribution in [1.82, 2.24) is 0 Å². The number of nitrogens with two attached hydrogens (primary N) is 1. The van der Waals surface area contributed by atoms with E-state index in [0.717, 1.165) is 28.2 Å². The largest absolute Gasteiger partial charge is 0.388 e. The van der Waals surface area contributed by atoms with Crippen molar-refractivity contribution in [3.8, 4) is 0 Å². The third kappa shape index (κ3) is 5.60. The van der Waals surface area contributed by atoms with E-state index in [2.05, 4.69) is 15.0 Å². The molecule has 2 amide bonds. The molecule has 0 saturated carbocycles. The van der Waals surface area contributed by atoms with Crippen molar-refractivity contribution in [2.45, 2.75) is 63.2 Å². The number of urea groups is 1. The Morgan fingerprint density at radius 1 is 1.17 bits per heavy atom. The minimum absolute atomic E-state index is 0.153. The van der Waals surface area contributed by atoms with Crippen LogP contribution in [0.3, 0.4) is 0 Å². The number of rotatable bonds is 6. The number of amides is 2. The second-order valence-electron chi connectivity index (χ2n) is 8.39. The van der Waals surface area contributed by atoms with Crippen LogP contribution in [0.25, 0.3) is 0 Å². The summed E-state index contributed by atoms with van der Waals surface area (Å²) in [5, 5.41) is 23.7. The first-order valence-electron chi connectivity index (χ1n) is 9.79. The smallest absolute Gasteiger partial charge is 0.354 e. The zero-order chi connectivity index (χ0) is 22.9. The molecule has 0 aliphatic rings. The van der Waals surface area contributed by atoms with E-state index in [0.29, 0.717) is 11.3 Å². The maximum absolute atomic E-state index is 12.9. The van der Waals surface area contributed by atoms with Crippen molar-refractivity contribution in [3.05, 3.63) is 40.3 Å². The first-order valence-corrected chi connectivity index (χ1v) is 12.2. The maximum Gasteiger partial charge on any atom is 0.354 e. The first kappa shape index (κ1) is 24.3. The predicted molar refractivity (Wildman–Crippen MR) is 126 cm³/mol. The number of carbonyl (C=O) groups excluding carboxylic acids is 1. The molecule has 166 valence electrons. The number of aliphatic hydroxyl groups is 1. The summed E-state index contributed by atoms with van der Waals surface area (Å²) in [5.74, 6) is 0.306. The Morgan fingerprint density at radius 2 is 1.70 bits per heavy atom. The van der Waals surface area contributed by atoms with E-state index in [1.807, 2.05) is 46.9 Å². The van der Waals surface area contributed by atoms with Crippen LogP contribution in [0.4, 0.5) is 16.2 Å². The summed E-state index contributed by atoms with van der Waals surface area (Å²) < 4.78 is 17.0. The lowest BCUT2D eigenvalue weighted by Crippen LogP contribution is -2.19. The molecule has 0 aliphatic carbocycles. The zero-order valence-electron chi connectivity index (χ0n) is 18.6. The Morgan fingerprint density at radius 3 is 2.10 bits per heavy atom. The van der Waals surface area contributed by atoms with Gasteiger partial charge in [0, 0.05) is 18.4 Å². The fourth-order valence-electron chi connectivity index (χ4n) is 2.98. The molecular formula is C21H32N4O3S2. The number of anilines is 2. The van der Waals surface area contributed by atoms with E-state index in [1.54, 1.807) is 19.2 Å². The number of nitrogens with zero attached hydrogens (tertiary/aromatic N) is 1.